The van der Waals surface area contributed by atoms with E-state index in [4.69, 9.17) is 5.73 Å². The zero-order valence-corrected chi connectivity index (χ0v) is 13.1. The van der Waals surface area contributed by atoms with E-state index in [1.165, 1.54) is 57.3 Å². The lowest BCUT2D eigenvalue weighted by molar-refractivity contribution is 0.0920. The van der Waals surface area contributed by atoms with Crippen LogP contribution in [0.15, 0.2) is 30.3 Å². The highest BCUT2D eigenvalue weighted by Gasteiger charge is 2.32. The maximum Gasteiger partial charge on any atom is 0.0238 e. The summed E-state index contributed by atoms with van der Waals surface area (Å²) in [5, 5.41) is 0. The summed E-state index contributed by atoms with van der Waals surface area (Å²) in [4.78, 5) is 5.40. The SMILES string of the molecule is NCCC1CCCCN1C1CCN(Cc2ccccc2)C1. The average molecular weight is 287 g/mol. The molecule has 21 heavy (non-hydrogen) atoms. The molecule has 0 aliphatic carbocycles. The minimum absolute atomic E-state index is 0.741. The van der Waals surface area contributed by atoms with Crippen molar-refractivity contribution >= 4 is 0 Å². The average Bonchev–Trinajstić information content (AvgIpc) is 2.97. The van der Waals surface area contributed by atoms with Crippen LogP contribution in [-0.4, -0.2) is 48.1 Å². The van der Waals surface area contributed by atoms with Crippen molar-refractivity contribution in [1.29, 1.82) is 0 Å². The Labute approximate surface area is 129 Å². The Hall–Kier alpha value is -0.900. The van der Waals surface area contributed by atoms with Gasteiger partial charge in [-0.1, -0.05) is 36.8 Å². The normalized spacial score (nSPS) is 28.0. The first-order valence-electron chi connectivity index (χ1n) is 8.59. The maximum absolute atomic E-state index is 5.81. The summed E-state index contributed by atoms with van der Waals surface area (Å²) in [7, 11) is 0. The molecule has 0 aromatic heterocycles. The van der Waals surface area contributed by atoms with Crippen LogP contribution in [0.2, 0.25) is 0 Å². The number of nitrogens with zero attached hydrogens (tertiary/aromatic N) is 2. The van der Waals surface area contributed by atoms with Crippen molar-refractivity contribution in [1.82, 2.24) is 9.80 Å². The molecule has 0 radical (unpaired) electrons. The van der Waals surface area contributed by atoms with Crippen molar-refractivity contribution in [2.75, 3.05) is 26.2 Å². The van der Waals surface area contributed by atoms with E-state index < -0.39 is 0 Å². The second-order valence-corrected chi connectivity index (χ2v) is 6.63. The second-order valence-electron chi connectivity index (χ2n) is 6.63. The van der Waals surface area contributed by atoms with Gasteiger partial charge in [0.05, 0.1) is 0 Å². The molecule has 2 N–H and O–H groups in total. The topological polar surface area (TPSA) is 32.5 Å². The largest absolute Gasteiger partial charge is 0.330 e. The van der Waals surface area contributed by atoms with Crippen LogP contribution < -0.4 is 5.73 Å². The molecular formula is C18H29N3. The summed E-state index contributed by atoms with van der Waals surface area (Å²) in [5.41, 5.74) is 7.25. The molecular weight excluding hydrogens is 258 g/mol. The Morgan fingerprint density at radius 2 is 1.90 bits per heavy atom. The van der Waals surface area contributed by atoms with Gasteiger partial charge in [-0.3, -0.25) is 9.80 Å². The lowest BCUT2D eigenvalue weighted by Crippen LogP contribution is -2.48. The minimum atomic E-state index is 0.741. The van der Waals surface area contributed by atoms with E-state index in [-0.39, 0.29) is 0 Å². The Bertz CT molecular complexity index is 418. The molecule has 116 valence electrons. The monoisotopic (exact) mass is 287 g/mol. The highest BCUT2D eigenvalue weighted by molar-refractivity contribution is 5.14. The Morgan fingerprint density at radius 1 is 1.05 bits per heavy atom. The predicted molar refractivity (Wildman–Crippen MR) is 88.1 cm³/mol. The third-order valence-corrected chi connectivity index (χ3v) is 5.14. The van der Waals surface area contributed by atoms with Gasteiger partial charge in [-0.25, -0.2) is 0 Å². The predicted octanol–water partition coefficient (Wildman–Crippen LogP) is 2.46. The number of benzene rings is 1. The standard InChI is InChI=1S/C18H29N3/c19-11-9-17-8-4-5-12-21(17)18-10-13-20(15-18)14-16-6-2-1-3-7-16/h1-3,6-7,17-18H,4-5,8-15,19H2. The fourth-order valence-electron chi connectivity index (χ4n) is 4.07. The smallest absolute Gasteiger partial charge is 0.0238 e. The first-order chi connectivity index (χ1) is 10.4. The van der Waals surface area contributed by atoms with Gasteiger partial charge in [-0.05, 0) is 44.3 Å². The van der Waals surface area contributed by atoms with Crippen LogP contribution in [-0.2, 0) is 6.54 Å². The van der Waals surface area contributed by atoms with Crippen molar-refractivity contribution in [3.63, 3.8) is 0 Å². The van der Waals surface area contributed by atoms with Crippen molar-refractivity contribution in [3.8, 4) is 0 Å². The highest BCUT2D eigenvalue weighted by atomic mass is 15.3. The number of likely N-dealkylation sites (tertiary alicyclic amines) is 2. The van der Waals surface area contributed by atoms with E-state index in [0.29, 0.717) is 0 Å². The van der Waals surface area contributed by atoms with Crippen LogP contribution in [0, 0.1) is 0 Å². The third kappa shape index (κ3) is 3.85. The summed E-state index contributed by atoms with van der Waals surface area (Å²) in [6, 6.07) is 12.4. The van der Waals surface area contributed by atoms with Gasteiger partial charge in [0.1, 0.15) is 0 Å². The Balaban J connectivity index is 1.55. The second kappa shape index (κ2) is 7.39. The summed E-state index contributed by atoms with van der Waals surface area (Å²) < 4.78 is 0. The zero-order valence-electron chi connectivity index (χ0n) is 13.1. The molecule has 3 heteroatoms. The maximum atomic E-state index is 5.81. The van der Waals surface area contributed by atoms with Gasteiger partial charge in [0.15, 0.2) is 0 Å². The van der Waals surface area contributed by atoms with E-state index in [1.54, 1.807) is 0 Å². The molecule has 0 amide bonds. The van der Waals surface area contributed by atoms with Gasteiger partial charge in [0, 0.05) is 31.7 Å². The summed E-state index contributed by atoms with van der Waals surface area (Å²) in [6.45, 7) is 5.70. The lowest BCUT2D eigenvalue weighted by Gasteiger charge is -2.40. The van der Waals surface area contributed by atoms with Gasteiger partial charge < -0.3 is 5.73 Å². The summed E-state index contributed by atoms with van der Waals surface area (Å²) >= 11 is 0. The van der Waals surface area contributed by atoms with Crippen molar-refractivity contribution in [2.24, 2.45) is 5.73 Å². The van der Waals surface area contributed by atoms with Gasteiger partial charge in [0.2, 0.25) is 0 Å². The molecule has 2 aliphatic rings. The van der Waals surface area contributed by atoms with E-state index in [9.17, 15) is 0 Å². The quantitative estimate of drug-likeness (QED) is 0.903. The van der Waals surface area contributed by atoms with Gasteiger partial charge in [-0.15, -0.1) is 0 Å². The van der Waals surface area contributed by atoms with Crippen LogP contribution in [0.3, 0.4) is 0 Å². The number of piperidine rings is 1. The molecule has 0 spiro atoms. The Kier molecular flexibility index (Phi) is 5.28. The third-order valence-electron chi connectivity index (χ3n) is 5.14. The van der Waals surface area contributed by atoms with Crippen molar-refractivity contribution in [2.45, 2.75) is 50.7 Å². The van der Waals surface area contributed by atoms with Crippen LogP contribution in [0.5, 0.6) is 0 Å². The van der Waals surface area contributed by atoms with E-state index in [1.807, 2.05) is 0 Å². The number of rotatable bonds is 5. The molecule has 3 nitrogen and oxygen atoms in total. The van der Waals surface area contributed by atoms with E-state index >= 15 is 0 Å². The van der Waals surface area contributed by atoms with E-state index in [2.05, 4.69) is 40.1 Å². The van der Waals surface area contributed by atoms with Crippen molar-refractivity contribution < 1.29 is 0 Å². The number of hydrogen-bond acceptors (Lipinski definition) is 3. The number of nitrogens with two attached hydrogens (primary N) is 1. The van der Waals surface area contributed by atoms with Gasteiger partial charge in [0.25, 0.3) is 0 Å². The van der Waals surface area contributed by atoms with Gasteiger partial charge >= 0.3 is 0 Å². The lowest BCUT2D eigenvalue weighted by atomic mass is 9.97. The van der Waals surface area contributed by atoms with Crippen LogP contribution in [0.4, 0.5) is 0 Å². The summed E-state index contributed by atoms with van der Waals surface area (Å²) in [6.07, 6.45) is 6.62. The molecule has 1 aromatic rings. The minimum Gasteiger partial charge on any atom is -0.330 e. The molecule has 2 fully saturated rings. The molecule has 0 bridgehead atoms. The fraction of sp³-hybridized carbons (Fsp3) is 0.667. The molecule has 2 aliphatic heterocycles. The molecule has 3 rings (SSSR count). The Morgan fingerprint density at radius 3 is 2.71 bits per heavy atom. The first-order valence-corrected chi connectivity index (χ1v) is 8.59. The van der Waals surface area contributed by atoms with Crippen LogP contribution in [0.1, 0.15) is 37.7 Å². The van der Waals surface area contributed by atoms with Crippen LogP contribution in [0.25, 0.3) is 0 Å². The van der Waals surface area contributed by atoms with E-state index in [0.717, 1.165) is 25.2 Å². The first kappa shape index (κ1) is 15.0. The molecule has 0 saturated carbocycles. The van der Waals surface area contributed by atoms with Crippen molar-refractivity contribution in [3.05, 3.63) is 35.9 Å². The summed E-state index contributed by atoms with van der Waals surface area (Å²) in [5.74, 6) is 0. The highest BCUT2D eigenvalue weighted by Crippen LogP contribution is 2.26. The fourth-order valence-corrected chi connectivity index (χ4v) is 4.07. The zero-order chi connectivity index (χ0) is 14.5. The molecule has 2 atom stereocenters. The van der Waals surface area contributed by atoms with Crippen LogP contribution >= 0.6 is 0 Å². The number of hydrogen-bond donors (Lipinski definition) is 1. The molecule has 2 heterocycles. The van der Waals surface area contributed by atoms with Gasteiger partial charge in [-0.2, -0.15) is 0 Å². The molecule has 2 unspecified atom stereocenters. The molecule has 1 aromatic carbocycles. The molecule has 2 saturated heterocycles.